The fourth-order valence-electron chi connectivity index (χ4n) is 3.28. The van der Waals surface area contributed by atoms with E-state index in [1.807, 2.05) is 0 Å². The molecule has 3 amide bonds. The van der Waals surface area contributed by atoms with Crippen molar-refractivity contribution in [3.05, 3.63) is 35.6 Å². The maximum absolute atomic E-state index is 12.9. The van der Waals surface area contributed by atoms with Crippen LogP contribution in [0.2, 0.25) is 0 Å². The van der Waals surface area contributed by atoms with Crippen LogP contribution in [0.5, 0.6) is 0 Å². The molecule has 0 radical (unpaired) electrons. The zero-order valence-electron chi connectivity index (χ0n) is 16.4. The highest BCUT2D eigenvalue weighted by Gasteiger charge is 2.29. The first kappa shape index (κ1) is 21.7. The molecule has 28 heavy (non-hydrogen) atoms. The van der Waals surface area contributed by atoms with Crippen LogP contribution < -0.4 is 5.32 Å². The van der Waals surface area contributed by atoms with Crippen molar-refractivity contribution in [3.8, 4) is 0 Å². The monoisotopic (exact) mass is 393 g/mol. The Morgan fingerprint density at radius 3 is 2.43 bits per heavy atom. The Hall–Kier alpha value is -2.64. The molecule has 0 unspecified atom stereocenters. The van der Waals surface area contributed by atoms with Crippen molar-refractivity contribution in [2.75, 3.05) is 32.8 Å². The maximum Gasteiger partial charge on any atom is 0.409 e. The Balaban J connectivity index is 1.78. The minimum absolute atomic E-state index is 0.0111. The molecule has 1 aromatic carbocycles. The second kappa shape index (κ2) is 10.6. The lowest BCUT2D eigenvalue weighted by Gasteiger charge is -2.37. The van der Waals surface area contributed by atoms with Gasteiger partial charge in [-0.25, -0.2) is 9.18 Å². The van der Waals surface area contributed by atoms with E-state index in [0.717, 1.165) is 5.56 Å². The summed E-state index contributed by atoms with van der Waals surface area (Å²) in [5.41, 5.74) is 0.927. The van der Waals surface area contributed by atoms with Gasteiger partial charge in [-0.05, 0) is 43.9 Å². The van der Waals surface area contributed by atoms with Crippen LogP contribution in [0.25, 0.3) is 0 Å². The first-order chi connectivity index (χ1) is 13.4. The highest BCUT2D eigenvalue weighted by atomic mass is 19.1. The molecule has 1 heterocycles. The van der Waals surface area contributed by atoms with E-state index < -0.39 is 0 Å². The lowest BCUT2D eigenvalue weighted by Crippen LogP contribution is -2.51. The highest BCUT2D eigenvalue weighted by molar-refractivity contribution is 5.84. The summed E-state index contributed by atoms with van der Waals surface area (Å²) in [4.78, 5) is 39.3. The van der Waals surface area contributed by atoms with Crippen LogP contribution in [-0.2, 0) is 20.7 Å². The lowest BCUT2D eigenvalue weighted by atomic mass is 10.0. The first-order valence-electron chi connectivity index (χ1n) is 9.60. The molecule has 0 spiro atoms. The van der Waals surface area contributed by atoms with Gasteiger partial charge in [0.05, 0.1) is 13.2 Å². The van der Waals surface area contributed by atoms with E-state index in [1.54, 1.807) is 28.9 Å². The first-order valence-corrected chi connectivity index (χ1v) is 9.60. The van der Waals surface area contributed by atoms with Gasteiger partial charge in [-0.1, -0.05) is 12.1 Å². The van der Waals surface area contributed by atoms with Crippen LogP contribution in [-0.4, -0.2) is 66.5 Å². The van der Waals surface area contributed by atoms with Crippen LogP contribution in [0.15, 0.2) is 24.3 Å². The Morgan fingerprint density at radius 2 is 1.86 bits per heavy atom. The summed E-state index contributed by atoms with van der Waals surface area (Å²) in [7, 11) is 0. The SMILES string of the molecule is CCOC(=O)N1CCC(N(CC(=O)NCCc2ccc(F)cc2)C(C)=O)CC1. The quantitative estimate of drug-likeness (QED) is 0.768. The van der Waals surface area contributed by atoms with E-state index in [4.69, 9.17) is 4.74 Å². The van der Waals surface area contributed by atoms with E-state index in [-0.39, 0.29) is 36.3 Å². The van der Waals surface area contributed by atoms with Gasteiger partial charge >= 0.3 is 6.09 Å². The molecule has 0 saturated carbocycles. The molecule has 1 aliphatic heterocycles. The number of piperidine rings is 1. The molecule has 0 aliphatic carbocycles. The van der Waals surface area contributed by atoms with Crippen molar-refractivity contribution in [2.24, 2.45) is 0 Å². The number of carbonyl (C=O) groups is 3. The second-order valence-corrected chi connectivity index (χ2v) is 6.79. The summed E-state index contributed by atoms with van der Waals surface area (Å²) in [5, 5.41) is 2.80. The molecule has 0 aromatic heterocycles. The van der Waals surface area contributed by atoms with Crippen molar-refractivity contribution in [3.63, 3.8) is 0 Å². The van der Waals surface area contributed by atoms with Gasteiger partial charge < -0.3 is 19.9 Å². The number of ether oxygens (including phenoxy) is 1. The zero-order valence-corrected chi connectivity index (χ0v) is 16.4. The molecule has 1 aromatic rings. The number of hydrogen-bond acceptors (Lipinski definition) is 4. The lowest BCUT2D eigenvalue weighted by molar-refractivity contribution is -0.137. The van der Waals surface area contributed by atoms with Crippen LogP contribution in [0.1, 0.15) is 32.3 Å². The Labute approximate surface area is 164 Å². The van der Waals surface area contributed by atoms with Gasteiger partial charge in [0, 0.05) is 32.6 Å². The third-order valence-electron chi connectivity index (χ3n) is 4.80. The standard InChI is InChI=1S/C20H28FN3O4/c1-3-28-20(27)23-12-9-18(10-13-23)24(15(2)25)14-19(26)22-11-8-16-4-6-17(21)7-5-16/h4-7,18H,3,8-14H2,1-2H3,(H,22,26). The normalized spacial score (nSPS) is 14.5. The molecule has 1 fully saturated rings. The number of nitrogens with one attached hydrogen (secondary N) is 1. The van der Waals surface area contributed by atoms with Gasteiger partial charge in [-0.2, -0.15) is 0 Å². The smallest absolute Gasteiger partial charge is 0.409 e. The van der Waals surface area contributed by atoms with Gasteiger partial charge in [-0.3, -0.25) is 9.59 Å². The largest absolute Gasteiger partial charge is 0.450 e. The van der Waals surface area contributed by atoms with E-state index in [0.29, 0.717) is 45.5 Å². The van der Waals surface area contributed by atoms with Crippen LogP contribution in [0.3, 0.4) is 0 Å². The predicted octanol–water partition coefficient (Wildman–Crippen LogP) is 1.95. The number of hydrogen-bond donors (Lipinski definition) is 1. The molecule has 8 heteroatoms. The molecule has 0 atom stereocenters. The topological polar surface area (TPSA) is 79.0 Å². The average molecular weight is 393 g/mol. The van der Waals surface area contributed by atoms with Gasteiger partial charge in [0.15, 0.2) is 0 Å². The van der Waals surface area contributed by atoms with Crippen molar-refractivity contribution in [1.82, 2.24) is 15.1 Å². The summed E-state index contributed by atoms with van der Waals surface area (Å²) in [6.07, 6.45) is 1.47. The minimum Gasteiger partial charge on any atom is -0.450 e. The molecule has 1 aliphatic rings. The van der Waals surface area contributed by atoms with Crippen molar-refractivity contribution in [2.45, 2.75) is 39.2 Å². The van der Waals surface area contributed by atoms with Gasteiger partial charge in [0.1, 0.15) is 5.82 Å². The fraction of sp³-hybridized carbons (Fsp3) is 0.550. The van der Waals surface area contributed by atoms with Crippen molar-refractivity contribution >= 4 is 17.9 Å². The molecule has 1 saturated heterocycles. The number of amides is 3. The van der Waals surface area contributed by atoms with Gasteiger partial charge in [0.2, 0.25) is 11.8 Å². The van der Waals surface area contributed by atoms with E-state index >= 15 is 0 Å². The third kappa shape index (κ3) is 6.51. The molecular formula is C20H28FN3O4. The molecule has 2 rings (SSSR count). The summed E-state index contributed by atoms with van der Waals surface area (Å²) in [6.45, 7) is 4.94. The summed E-state index contributed by atoms with van der Waals surface area (Å²) >= 11 is 0. The van der Waals surface area contributed by atoms with E-state index in [9.17, 15) is 18.8 Å². The van der Waals surface area contributed by atoms with Crippen molar-refractivity contribution < 1.29 is 23.5 Å². The predicted molar refractivity (Wildman–Crippen MR) is 102 cm³/mol. The van der Waals surface area contributed by atoms with Crippen LogP contribution >= 0.6 is 0 Å². The third-order valence-corrected chi connectivity index (χ3v) is 4.80. The highest BCUT2D eigenvalue weighted by Crippen LogP contribution is 2.17. The minimum atomic E-state index is -0.339. The van der Waals surface area contributed by atoms with E-state index in [1.165, 1.54) is 19.1 Å². The van der Waals surface area contributed by atoms with Crippen LogP contribution in [0.4, 0.5) is 9.18 Å². The van der Waals surface area contributed by atoms with Gasteiger partial charge in [0.25, 0.3) is 0 Å². The zero-order chi connectivity index (χ0) is 20.5. The number of halogens is 1. The summed E-state index contributed by atoms with van der Waals surface area (Å²) < 4.78 is 17.9. The molecule has 154 valence electrons. The Kier molecular flexibility index (Phi) is 8.22. The number of benzene rings is 1. The average Bonchev–Trinajstić information content (AvgIpc) is 2.68. The number of nitrogens with zero attached hydrogens (tertiary/aromatic N) is 2. The van der Waals surface area contributed by atoms with E-state index in [2.05, 4.69) is 5.32 Å². The Bertz CT molecular complexity index is 673. The molecule has 1 N–H and O–H groups in total. The van der Waals surface area contributed by atoms with Crippen molar-refractivity contribution in [1.29, 1.82) is 0 Å². The second-order valence-electron chi connectivity index (χ2n) is 6.79. The molecule has 7 nitrogen and oxygen atoms in total. The number of likely N-dealkylation sites (tertiary alicyclic amines) is 1. The molecular weight excluding hydrogens is 365 g/mol. The van der Waals surface area contributed by atoms with Crippen LogP contribution in [0, 0.1) is 5.82 Å². The van der Waals surface area contributed by atoms with Gasteiger partial charge in [-0.15, -0.1) is 0 Å². The molecule has 0 bridgehead atoms. The Morgan fingerprint density at radius 1 is 1.21 bits per heavy atom. The fourth-order valence-corrected chi connectivity index (χ4v) is 3.28. The number of rotatable bonds is 7. The summed E-state index contributed by atoms with van der Waals surface area (Å²) in [6, 6.07) is 6.06. The maximum atomic E-state index is 12.9. The number of carbonyl (C=O) groups excluding carboxylic acids is 3. The summed E-state index contributed by atoms with van der Waals surface area (Å²) in [5.74, 6) is -0.688.